The van der Waals surface area contributed by atoms with Crippen LogP contribution in [0.5, 0.6) is 0 Å². The minimum absolute atomic E-state index is 0.306. The highest BCUT2D eigenvalue weighted by Gasteiger charge is 2.29. The summed E-state index contributed by atoms with van der Waals surface area (Å²) < 4.78 is 0. The predicted molar refractivity (Wildman–Crippen MR) is 120 cm³/mol. The first-order valence-corrected chi connectivity index (χ1v) is 11.6. The Hall–Kier alpha value is -1.59. The van der Waals surface area contributed by atoms with Gasteiger partial charge in [0.15, 0.2) is 5.13 Å². The van der Waals surface area contributed by atoms with Gasteiger partial charge in [0, 0.05) is 23.2 Å². The molecule has 0 amide bonds. The van der Waals surface area contributed by atoms with Crippen molar-refractivity contribution in [3.63, 3.8) is 0 Å². The molecule has 2 fully saturated rings. The van der Waals surface area contributed by atoms with E-state index in [1.165, 1.54) is 50.0 Å². The van der Waals surface area contributed by atoms with Crippen LogP contribution in [0.2, 0.25) is 0 Å². The van der Waals surface area contributed by atoms with Gasteiger partial charge in [-0.3, -0.25) is 4.90 Å². The average Bonchev–Trinajstić information content (AvgIpc) is 3.31. The second-order valence-electron chi connectivity index (χ2n) is 9.43. The molecular weight excluding hydrogens is 364 g/mol. The topological polar surface area (TPSA) is 45.4 Å². The highest BCUT2D eigenvalue weighted by molar-refractivity contribution is 7.13. The molecule has 1 atom stereocenters. The van der Waals surface area contributed by atoms with Crippen LogP contribution in [0.1, 0.15) is 63.8 Å². The number of nitrogen functional groups attached to an aromatic ring is 1. The maximum absolute atomic E-state index is 5.86. The number of nitrogens with zero attached hydrogens (tertiary/aromatic N) is 3. The monoisotopic (exact) mass is 398 g/mol. The van der Waals surface area contributed by atoms with E-state index in [4.69, 9.17) is 5.73 Å². The standard InChI is InChI=1S/C23H34N4S/c1-23(2,3)26-13-10-18(11-14-26)15-17-6-8-19(9-7-17)27-12-4-5-21(27)20-16-28-22(24)25-20/h6-9,16,18,21H,4-5,10-15H2,1-3H3,(H2,24,25)/t21-/m1/s1. The molecule has 2 N–H and O–H groups in total. The molecule has 2 aliphatic heterocycles. The third-order valence-corrected chi connectivity index (χ3v) is 7.18. The van der Waals surface area contributed by atoms with E-state index in [2.05, 4.69) is 65.2 Å². The van der Waals surface area contributed by atoms with Gasteiger partial charge in [-0.05, 0) is 89.6 Å². The lowest BCUT2D eigenvalue weighted by atomic mass is 9.88. The van der Waals surface area contributed by atoms with Crippen molar-refractivity contribution in [2.45, 2.75) is 64.5 Å². The summed E-state index contributed by atoms with van der Waals surface area (Å²) in [5.41, 5.74) is 10.1. The summed E-state index contributed by atoms with van der Waals surface area (Å²) in [6.07, 6.45) is 6.23. The fraction of sp³-hybridized carbons (Fsp3) is 0.609. The number of nitrogens with two attached hydrogens (primary N) is 1. The van der Waals surface area contributed by atoms with Gasteiger partial charge in [-0.25, -0.2) is 4.98 Å². The van der Waals surface area contributed by atoms with Crippen molar-refractivity contribution in [3.05, 3.63) is 40.9 Å². The third-order valence-electron chi connectivity index (χ3n) is 6.49. The Bertz CT molecular complexity index is 769. The molecule has 0 unspecified atom stereocenters. The van der Waals surface area contributed by atoms with Crippen LogP contribution < -0.4 is 10.6 Å². The number of hydrogen-bond donors (Lipinski definition) is 1. The van der Waals surface area contributed by atoms with Crippen molar-refractivity contribution in [3.8, 4) is 0 Å². The number of piperidine rings is 1. The molecule has 0 bridgehead atoms. The average molecular weight is 399 g/mol. The lowest BCUT2D eigenvalue weighted by Gasteiger charge is -2.41. The molecule has 3 heterocycles. The molecule has 2 aromatic rings. The van der Waals surface area contributed by atoms with E-state index in [1.54, 1.807) is 11.3 Å². The first-order valence-electron chi connectivity index (χ1n) is 10.7. The molecule has 0 saturated carbocycles. The van der Waals surface area contributed by atoms with Crippen molar-refractivity contribution in [1.82, 2.24) is 9.88 Å². The molecule has 1 aromatic heterocycles. The quantitative estimate of drug-likeness (QED) is 0.776. The summed E-state index contributed by atoms with van der Waals surface area (Å²) in [5, 5.41) is 2.80. The number of rotatable bonds is 4. The second kappa shape index (κ2) is 8.03. The maximum atomic E-state index is 5.86. The molecule has 4 nitrogen and oxygen atoms in total. The molecule has 4 rings (SSSR count). The van der Waals surface area contributed by atoms with Crippen LogP contribution in [0.3, 0.4) is 0 Å². The van der Waals surface area contributed by atoms with E-state index in [0.717, 1.165) is 24.6 Å². The van der Waals surface area contributed by atoms with Gasteiger partial charge in [-0.15, -0.1) is 11.3 Å². The van der Waals surface area contributed by atoms with Crippen LogP contribution in [-0.4, -0.2) is 35.1 Å². The van der Waals surface area contributed by atoms with E-state index in [9.17, 15) is 0 Å². The van der Waals surface area contributed by atoms with Crippen molar-refractivity contribution >= 4 is 22.2 Å². The fourth-order valence-corrected chi connectivity index (χ4v) is 5.41. The lowest BCUT2D eigenvalue weighted by molar-refractivity contribution is 0.0876. The smallest absolute Gasteiger partial charge is 0.180 e. The van der Waals surface area contributed by atoms with Gasteiger partial charge in [0.1, 0.15) is 0 Å². The summed E-state index contributed by atoms with van der Waals surface area (Å²) in [4.78, 5) is 9.67. The molecule has 2 saturated heterocycles. The van der Waals surface area contributed by atoms with Crippen molar-refractivity contribution in [2.24, 2.45) is 5.92 Å². The summed E-state index contributed by atoms with van der Waals surface area (Å²) in [6.45, 7) is 10.6. The zero-order valence-electron chi connectivity index (χ0n) is 17.5. The van der Waals surface area contributed by atoms with Gasteiger partial charge in [-0.1, -0.05) is 12.1 Å². The molecular formula is C23H34N4S. The Labute approximate surface area is 173 Å². The maximum Gasteiger partial charge on any atom is 0.180 e. The number of anilines is 2. The van der Waals surface area contributed by atoms with Gasteiger partial charge >= 0.3 is 0 Å². The molecule has 1 aromatic carbocycles. The van der Waals surface area contributed by atoms with E-state index < -0.39 is 0 Å². The largest absolute Gasteiger partial charge is 0.375 e. The highest BCUT2D eigenvalue weighted by atomic mass is 32.1. The van der Waals surface area contributed by atoms with Crippen LogP contribution in [0.4, 0.5) is 10.8 Å². The number of benzene rings is 1. The van der Waals surface area contributed by atoms with Crippen LogP contribution in [0.15, 0.2) is 29.6 Å². The predicted octanol–water partition coefficient (Wildman–Crippen LogP) is 5.12. The Kier molecular flexibility index (Phi) is 5.66. The van der Waals surface area contributed by atoms with Crippen molar-refractivity contribution in [1.29, 1.82) is 0 Å². The molecule has 28 heavy (non-hydrogen) atoms. The molecule has 5 heteroatoms. The van der Waals surface area contributed by atoms with Gasteiger partial charge in [0.05, 0.1) is 11.7 Å². The van der Waals surface area contributed by atoms with E-state index in [0.29, 0.717) is 16.7 Å². The third kappa shape index (κ3) is 4.36. The van der Waals surface area contributed by atoms with E-state index in [1.807, 2.05) is 0 Å². The first-order chi connectivity index (χ1) is 13.4. The van der Waals surface area contributed by atoms with E-state index in [-0.39, 0.29) is 0 Å². The van der Waals surface area contributed by atoms with Gasteiger partial charge in [0.2, 0.25) is 0 Å². The summed E-state index contributed by atoms with van der Waals surface area (Å²) in [7, 11) is 0. The van der Waals surface area contributed by atoms with Crippen LogP contribution in [0, 0.1) is 5.92 Å². The number of likely N-dealkylation sites (tertiary alicyclic amines) is 1. The van der Waals surface area contributed by atoms with Crippen LogP contribution in [0.25, 0.3) is 0 Å². The highest BCUT2D eigenvalue weighted by Crippen LogP contribution is 2.37. The Morgan fingerprint density at radius 3 is 2.39 bits per heavy atom. The minimum atomic E-state index is 0.306. The number of aromatic nitrogens is 1. The molecule has 0 aliphatic carbocycles. The van der Waals surface area contributed by atoms with Crippen molar-refractivity contribution < 1.29 is 0 Å². The molecule has 152 valence electrons. The van der Waals surface area contributed by atoms with E-state index >= 15 is 0 Å². The second-order valence-corrected chi connectivity index (χ2v) is 10.3. The Balaban J connectivity index is 1.36. The molecule has 0 spiro atoms. The fourth-order valence-electron chi connectivity index (χ4n) is 4.80. The Morgan fingerprint density at radius 1 is 1.07 bits per heavy atom. The summed E-state index contributed by atoms with van der Waals surface area (Å²) in [6, 6.07) is 9.69. The number of hydrogen-bond acceptors (Lipinski definition) is 5. The van der Waals surface area contributed by atoms with Crippen LogP contribution >= 0.6 is 11.3 Å². The van der Waals surface area contributed by atoms with Gasteiger partial charge in [0.25, 0.3) is 0 Å². The van der Waals surface area contributed by atoms with Crippen molar-refractivity contribution in [2.75, 3.05) is 30.3 Å². The minimum Gasteiger partial charge on any atom is -0.375 e. The first kappa shape index (κ1) is 19.7. The number of thiazole rings is 1. The lowest BCUT2D eigenvalue weighted by Crippen LogP contribution is -2.46. The van der Waals surface area contributed by atoms with Crippen LogP contribution in [-0.2, 0) is 6.42 Å². The Morgan fingerprint density at radius 2 is 1.79 bits per heavy atom. The zero-order valence-corrected chi connectivity index (χ0v) is 18.3. The summed E-state index contributed by atoms with van der Waals surface area (Å²) >= 11 is 1.55. The molecule has 2 aliphatic rings. The van der Waals surface area contributed by atoms with Gasteiger partial charge in [-0.2, -0.15) is 0 Å². The molecule has 0 radical (unpaired) electrons. The van der Waals surface area contributed by atoms with Gasteiger partial charge < -0.3 is 10.6 Å². The summed E-state index contributed by atoms with van der Waals surface area (Å²) in [5.74, 6) is 0.821. The SMILES string of the molecule is CC(C)(C)N1CCC(Cc2ccc(N3CCC[C@@H]3c3csc(N)n3)cc2)CC1. The zero-order chi connectivity index (χ0) is 19.7. The normalized spacial score (nSPS) is 22.1.